The zero-order valence-electron chi connectivity index (χ0n) is 19.2. The first-order valence-corrected chi connectivity index (χ1v) is 11.2. The number of hydrogen-bond donors (Lipinski definition) is 2. The number of anilines is 1. The van der Waals surface area contributed by atoms with E-state index in [9.17, 15) is 4.79 Å². The minimum absolute atomic E-state index is 0.0926. The van der Waals surface area contributed by atoms with E-state index in [1.807, 2.05) is 39.0 Å². The molecular weight excluding hydrogens is 406 g/mol. The predicted octanol–water partition coefficient (Wildman–Crippen LogP) is 2.86. The molecule has 4 heterocycles. The van der Waals surface area contributed by atoms with Crippen LogP contribution in [0.1, 0.15) is 36.9 Å². The normalized spacial score (nSPS) is 16.1. The summed E-state index contributed by atoms with van der Waals surface area (Å²) in [5, 5.41) is 10.9. The van der Waals surface area contributed by atoms with Crippen molar-refractivity contribution in [3.05, 3.63) is 41.4 Å². The average molecular weight is 438 g/mol. The van der Waals surface area contributed by atoms with Crippen LogP contribution in [0, 0.1) is 20.8 Å². The Morgan fingerprint density at radius 3 is 2.75 bits per heavy atom. The lowest BCUT2D eigenvalue weighted by Gasteiger charge is -2.27. The fourth-order valence-corrected chi connectivity index (χ4v) is 4.13. The molecule has 1 atom stereocenters. The molecule has 1 saturated heterocycles. The highest BCUT2D eigenvalue weighted by atomic mass is 16.3. The van der Waals surface area contributed by atoms with Gasteiger partial charge in [-0.15, -0.1) is 0 Å². The van der Waals surface area contributed by atoms with Crippen molar-refractivity contribution in [1.82, 2.24) is 30.0 Å². The van der Waals surface area contributed by atoms with Gasteiger partial charge in [0.25, 0.3) is 0 Å². The predicted molar refractivity (Wildman–Crippen MR) is 123 cm³/mol. The van der Waals surface area contributed by atoms with Crippen LogP contribution in [0.4, 0.5) is 5.82 Å². The van der Waals surface area contributed by atoms with E-state index in [4.69, 9.17) is 4.42 Å². The third-order valence-corrected chi connectivity index (χ3v) is 5.58. The highest BCUT2D eigenvalue weighted by Gasteiger charge is 2.24. The number of carbonyl (C=O) groups excluding carboxylic acids is 1. The lowest BCUT2D eigenvalue weighted by atomic mass is 10.2. The first-order chi connectivity index (χ1) is 15.4. The molecule has 2 N–H and O–H groups in total. The van der Waals surface area contributed by atoms with E-state index >= 15 is 0 Å². The van der Waals surface area contributed by atoms with Crippen molar-refractivity contribution in [2.24, 2.45) is 0 Å². The van der Waals surface area contributed by atoms with E-state index in [1.165, 1.54) is 0 Å². The number of aryl methyl sites for hydroxylation is 3. The highest BCUT2D eigenvalue weighted by molar-refractivity contribution is 5.91. The van der Waals surface area contributed by atoms with Crippen molar-refractivity contribution in [2.45, 2.75) is 46.6 Å². The van der Waals surface area contributed by atoms with Gasteiger partial charge in [0.15, 0.2) is 17.4 Å². The van der Waals surface area contributed by atoms with Crippen molar-refractivity contribution >= 4 is 11.7 Å². The van der Waals surface area contributed by atoms with Gasteiger partial charge in [-0.05, 0) is 64.9 Å². The molecule has 170 valence electrons. The summed E-state index contributed by atoms with van der Waals surface area (Å²) in [4.78, 5) is 24.4. The molecular formula is C23H31N7O2. The molecule has 9 nitrogen and oxygen atoms in total. The fourth-order valence-electron chi connectivity index (χ4n) is 4.13. The van der Waals surface area contributed by atoms with Gasteiger partial charge in [0.2, 0.25) is 5.91 Å². The molecule has 0 saturated carbocycles. The second-order valence-electron chi connectivity index (χ2n) is 8.35. The van der Waals surface area contributed by atoms with Crippen LogP contribution in [0.15, 0.2) is 28.7 Å². The van der Waals surface area contributed by atoms with Crippen LogP contribution in [0.25, 0.3) is 17.4 Å². The molecule has 1 aliphatic rings. The molecule has 32 heavy (non-hydrogen) atoms. The van der Waals surface area contributed by atoms with Crippen LogP contribution in [-0.2, 0) is 4.79 Å². The van der Waals surface area contributed by atoms with E-state index < -0.39 is 0 Å². The Labute approximate surface area is 188 Å². The lowest BCUT2D eigenvalue weighted by Crippen LogP contribution is -2.42. The number of aromatic nitrogens is 4. The quantitative estimate of drug-likeness (QED) is 0.559. The van der Waals surface area contributed by atoms with Crippen LogP contribution in [-0.4, -0.2) is 62.8 Å². The number of amides is 1. The topological polar surface area (TPSA) is 101 Å². The maximum atomic E-state index is 12.9. The molecule has 9 heteroatoms. The van der Waals surface area contributed by atoms with Crippen molar-refractivity contribution < 1.29 is 9.21 Å². The van der Waals surface area contributed by atoms with Crippen LogP contribution in [0.5, 0.6) is 0 Å². The standard InChI is InChI=1S/C23H31N7O2/c1-5-10-29(18-8-9-24-13-18)14-22(31)25-20-12-21(30-16(3)11-15(2)28-30)27-23(26-20)19-7-6-17(4)32-19/h6-7,11-12,18,24H,5,8-10,13-14H2,1-4H3,(H,25,26,27,31). The number of nitrogens with one attached hydrogen (secondary N) is 2. The smallest absolute Gasteiger partial charge is 0.239 e. The lowest BCUT2D eigenvalue weighted by molar-refractivity contribution is -0.117. The molecule has 0 aliphatic carbocycles. The Kier molecular flexibility index (Phi) is 6.66. The third-order valence-electron chi connectivity index (χ3n) is 5.58. The van der Waals surface area contributed by atoms with Gasteiger partial charge < -0.3 is 15.1 Å². The van der Waals surface area contributed by atoms with Gasteiger partial charge in [-0.1, -0.05) is 6.92 Å². The van der Waals surface area contributed by atoms with Gasteiger partial charge in [-0.2, -0.15) is 5.10 Å². The summed E-state index contributed by atoms with van der Waals surface area (Å²) >= 11 is 0. The summed E-state index contributed by atoms with van der Waals surface area (Å²) < 4.78 is 7.49. The second-order valence-corrected chi connectivity index (χ2v) is 8.35. The number of nitrogens with zero attached hydrogens (tertiary/aromatic N) is 5. The number of hydrogen-bond acceptors (Lipinski definition) is 7. The zero-order valence-corrected chi connectivity index (χ0v) is 19.2. The SMILES string of the molecule is CCCN(CC(=O)Nc1cc(-n2nc(C)cc2C)nc(-c2ccc(C)o2)n1)C1CCNC1. The van der Waals surface area contributed by atoms with Crippen LogP contribution >= 0.6 is 0 Å². The van der Waals surface area contributed by atoms with Crippen LogP contribution in [0.3, 0.4) is 0 Å². The Hall–Kier alpha value is -3.04. The van der Waals surface area contributed by atoms with E-state index in [-0.39, 0.29) is 5.91 Å². The van der Waals surface area contributed by atoms with Crippen LogP contribution < -0.4 is 10.6 Å². The average Bonchev–Trinajstić information content (AvgIpc) is 3.49. The second kappa shape index (κ2) is 9.62. The molecule has 1 aliphatic heterocycles. The van der Waals surface area contributed by atoms with E-state index in [1.54, 1.807) is 10.7 Å². The van der Waals surface area contributed by atoms with Gasteiger partial charge in [-0.3, -0.25) is 9.69 Å². The molecule has 0 spiro atoms. The summed E-state index contributed by atoms with van der Waals surface area (Å²) in [5.74, 6) is 2.64. The summed E-state index contributed by atoms with van der Waals surface area (Å²) in [6, 6.07) is 7.81. The summed E-state index contributed by atoms with van der Waals surface area (Å²) in [6.07, 6.45) is 2.06. The fraction of sp³-hybridized carbons (Fsp3) is 0.478. The molecule has 0 aromatic carbocycles. The first kappa shape index (κ1) is 22.2. The maximum absolute atomic E-state index is 12.9. The zero-order chi connectivity index (χ0) is 22.7. The Balaban J connectivity index is 1.61. The Morgan fingerprint density at radius 2 is 2.12 bits per heavy atom. The van der Waals surface area contributed by atoms with Crippen LogP contribution in [0.2, 0.25) is 0 Å². The summed E-state index contributed by atoms with van der Waals surface area (Å²) in [6.45, 7) is 11.0. The molecule has 4 rings (SSSR count). The van der Waals surface area contributed by atoms with Gasteiger partial charge in [0, 0.05) is 24.3 Å². The van der Waals surface area contributed by atoms with Gasteiger partial charge >= 0.3 is 0 Å². The van der Waals surface area contributed by atoms with Gasteiger partial charge in [0.05, 0.1) is 12.2 Å². The van der Waals surface area contributed by atoms with E-state index in [0.717, 1.165) is 49.6 Å². The van der Waals surface area contributed by atoms with Crippen molar-refractivity contribution in [1.29, 1.82) is 0 Å². The Morgan fingerprint density at radius 1 is 1.28 bits per heavy atom. The van der Waals surface area contributed by atoms with Gasteiger partial charge in [-0.25, -0.2) is 14.6 Å². The van der Waals surface area contributed by atoms with E-state index in [2.05, 4.69) is 37.5 Å². The minimum Gasteiger partial charge on any atom is -0.458 e. The number of furan rings is 1. The van der Waals surface area contributed by atoms with Crippen molar-refractivity contribution in [3.8, 4) is 17.4 Å². The third kappa shape index (κ3) is 5.05. The number of rotatable bonds is 8. The van der Waals surface area contributed by atoms with Gasteiger partial charge in [0.1, 0.15) is 11.6 Å². The van der Waals surface area contributed by atoms with Crippen molar-refractivity contribution in [3.63, 3.8) is 0 Å². The molecule has 0 bridgehead atoms. The highest BCUT2D eigenvalue weighted by Crippen LogP contribution is 2.23. The largest absolute Gasteiger partial charge is 0.458 e. The Bertz CT molecular complexity index is 1080. The minimum atomic E-state index is -0.0926. The molecule has 1 fully saturated rings. The first-order valence-electron chi connectivity index (χ1n) is 11.2. The summed E-state index contributed by atoms with van der Waals surface area (Å²) in [7, 11) is 0. The molecule has 3 aromatic heterocycles. The number of carbonyl (C=O) groups is 1. The molecule has 0 radical (unpaired) electrons. The van der Waals surface area contributed by atoms with E-state index in [0.29, 0.717) is 35.8 Å². The molecule has 1 amide bonds. The van der Waals surface area contributed by atoms with Crippen molar-refractivity contribution in [2.75, 3.05) is 31.5 Å². The summed E-state index contributed by atoms with van der Waals surface area (Å²) in [5.41, 5.74) is 1.84. The molecule has 1 unspecified atom stereocenters. The monoisotopic (exact) mass is 437 g/mol. The molecule has 3 aromatic rings. The maximum Gasteiger partial charge on any atom is 0.239 e.